The number of benzene rings is 1. The minimum Gasteiger partial charge on any atom is -0.481 e. The Morgan fingerprint density at radius 1 is 1.32 bits per heavy atom. The Hall–Kier alpha value is -2.24. The third-order valence-electron chi connectivity index (χ3n) is 4.61. The summed E-state index contributed by atoms with van der Waals surface area (Å²) in [5, 5.41) is 21.2. The molecular formula is C16H20N4O2. The first-order valence-corrected chi connectivity index (χ1v) is 7.66. The van der Waals surface area contributed by atoms with Gasteiger partial charge in [0.15, 0.2) is 5.82 Å². The number of carbonyl (C=O) groups is 1. The van der Waals surface area contributed by atoms with E-state index in [0.29, 0.717) is 12.2 Å². The van der Waals surface area contributed by atoms with E-state index in [9.17, 15) is 9.90 Å². The maximum atomic E-state index is 11.8. The molecule has 2 aromatic rings. The van der Waals surface area contributed by atoms with Gasteiger partial charge in [0.1, 0.15) is 0 Å². The van der Waals surface area contributed by atoms with Gasteiger partial charge < -0.3 is 5.11 Å². The first-order valence-electron chi connectivity index (χ1n) is 7.66. The van der Waals surface area contributed by atoms with Crippen LogP contribution in [0.4, 0.5) is 0 Å². The molecule has 116 valence electrons. The number of aliphatic carboxylic acids is 1. The summed E-state index contributed by atoms with van der Waals surface area (Å²) in [6, 6.07) is 7.89. The van der Waals surface area contributed by atoms with E-state index in [2.05, 4.69) is 15.5 Å². The molecule has 1 saturated carbocycles. The van der Waals surface area contributed by atoms with Gasteiger partial charge in [0.2, 0.25) is 0 Å². The van der Waals surface area contributed by atoms with Crippen molar-refractivity contribution in [2.45, 2.75) is 38.5 Å². The number of hydrogen-bond acceptors (Lipinski definition) is 4. The van der Waals surface area contributed by atoms with Crippen LogP contribution >= 0.6 is 0 Å². The molecule has 0 radical (unpaired) electrons. The zero-order valence-corrected chi connectivity index (χ0v) is 12.7. The van der Waals surface area contributed by atoms with E-state index in [4.69, 9.17) is 0 Å². The predicted molar refractivity (Wildman–Crippen MR) is 81.1 cm³/mol. The van der Waals surface area contributed by atoms with Crippen LogP contribution in [-0.2, 0) is 18.3 Å². The summed E-state index contributed by atoms with van der Waals surface area (Å²) in [6.07, 6.45) is 5.23. The Morgan fingerprint density at radius 2 is 2.09 bits per heavy atom. The van der Waals surface area contributed by atoms with Crippen LogP contribution in [0.1, 0.15) is 37.7 Å². The molecule has 0 bridgehead atoms. The van der Waals surface area contributed by atoms with Gasteiger partial charge in [-0.3, -0.25) is 4.79 Å². The average molecular weight is 300 g/mol. The number of rotatable bonds is 4. The molecule has 1 aromatic carbocycles. The second-order valence-corrected chi connectivity index (χ2v) is 6.15. The number of aryl methyl sites for hydroxylation is 1. The molecule has 1 aliphatic carbocycles. The van der Waals surface area contributed by atoms with E-state index in [1.807, 2.05) is 24.3 Å². The number of hydrogen-bond donors (Lipinski definition) is 1. The molecule has 1 fully saturated rings. The van der Waals surface area contributed by atoms with Gasteiger partial charge in [0.25, 0.3) is 0 Å². The summed E-state index contributed by atoms with van der Waals surface area (Å²) >= 11 is 0. The lowest BCUT2D eigenvalue weighted by Gasteiger charge is -2.33. The van der Waals surface area contributed by atoms with Crippen LogP contribution in [-0.4, -0.2) is 31.3 Å². The van der Waals surface area contributed by atoms with E-state index < -0.39 is 11.4 Å². The van der Waals surface area contributed by atoms with Gasteiger partial charge in [0, 0.05) is 12.6 Å². The van der Waals surface area contributed by atoms with Crippen LogP contribution in [0.3, 0.4) is 0 Å². The minimum absolute atomic E-state index is 0.571. The van der Waals surface area contributed by atoms with Gasteiger partial charge >= 0.3 is 5.97 Å². The molecule has 6 heteroatoms. The van der Waals surface area contributed by atoms with Crippen LogP contribution in [0, 0.1) is 5.41 Å². The smallest absolute Gasteiger partial charge is 0.309 e. The molecule has 22 heavy (non-hydrogen) atoms. The van der Waals surface area contributed by atoms with Crippen LogP contribution in [0.5, 0.6) is 0 Å². The first-order chi connectivity index (χ1) is 10.6. The average Bonchev–Trinajstić information content (AvgIpc) is 2.94. The van der Waals surface area contributed by atoms with E-state index in [-0.39, 0.29) is 0 Å². The van der Waals surface area contributed by atoms with Crippen LogP contribution < -0.4 is 0 Å². The van der Waals surface area contributed by atoms with Gasteiger partial charge in [-0.25, -0.2) is 4.68 Å². The normalized spacial score (nSPS) is 17.3. The van der Waals surface area contributed by atoms with Crippen molar-refractivity contribution in [2.75, 3.05) is 0 Å². The topological polar surface area (TPSA) is 80.9 Å². The second kappa shape index (κ2) is 5.87. The molecule has 0 atom stereocenters. The highest BCUT2D eigenvalue weighted by molar-refractivity contribution is 5.75. The van der Waals surface area contributed by atoms with Crippen molar-refractivity contribution in [1.29, 1.82) is 0 Å². The fourth-order valence-corrected chi connectivity index (χ4v) is 3.38. The molecule has 0 aliphatic heterocycles. The standard InChI is InChI=1S/C16H20N4O2/c1-20-14(17-18-19-20)13-7-5-6-12(10-13)11-16(15(21)22)8-3-2-4-9-16/h5-7,10H,2-4,8-9,11H2,1H3,(H,21,22). The number of nitrogens with zero attached hydrogens (tertiary/aromatic N) is 4. The highest BCUT2D eigenvalue weighted by Crippen LogP contribution is 2.39. The SMILES string of the molecule is Cn1nnnc1-c1cccc(CC2(C(=O)O)CCCCC2)c1. The Kier molecular flexibility index (Phi) is 3.92. The quantitative estimate of drug-likeness (QED) is 0.938. The second-order valence-electron chi connectivity index (χ2n) is 6.15. The fraction of sp³-hybridized carbons (Fsp3) is 0.500. The number of aromatic nitrogens is 4. The van der Waals surface area contributed by atoms with E-state index in [1.165, 1.54) is 0 Å². The molecule has 0 spiro atoms. The Labute approximate surface area is 129 Å². The highest BCUT2D eigenvalue weighted by Gasteiger charge is 2.39. The third kappa shape index (κ3) is 2.73. The summed E-state index contributed by atoms with van der Waals surface area (Å²) in [5.74, 6) is 0.0211. The van der Waals surface area contributed by atoms with E-state index in [0.717, 1.165) is 43.2 Å². The van der Waals surface area contributed by atoms with Gasteiger partial charge in [-0.2, -0.15) is 0 Å². The van der Waals surface area contributed by atoms with Crippen LogP contribution in [0.15, 0.2) is 24.3 Å². The monoisotopic (exact) mass is 300 g/mol. The van der Waals surface area contributed by atoms with Crippen molar-refractivity contribution >= 4 is 5.97 Å². The molecule has 1 aromatic heterocycles. The van der Waals surface area contributed by atoms with Gasteiger partial charge in [-0.05, 0) is 41.3 Å². The van der Waals surface area contributed by atoms with Crippen molar-refractivity contribution in [3.05, 3.63) is 29.8 Å². The van der Waals surface area contributed by atoms with Crippen LogP contribution in [0.25, 0.3) is 11.4 Å². The largest absolute Gasteiger partial charge is 0.481 e. The molecular weight excluding hydrogens is 280 g/mol. The molecule has 6 nitrogen and oxygen atoms in total. The number of tetrazole rings is 1. The Balaban J connectivity index is 1.89. The lowest BCUT2D eigenvalue weighted by Crippen LogP contribution is -2.35. The van der Waals surface area contributed by atoms with Gasteiger partial charge in [-0.15, -0.1) is 5.10 Å². The maximum Gasteiger partial charge on any atom is 0.309 e. The zero-order chi connectivity index (χ0) is 15.6. The van der Waals surface area contributed by atoms with Crippen molar-refractivity contribution < 1.29 is 9.90 Å². The summed E-state index contributed by atoms with van der Waals surface area (Å²) in [7, 11) is 1.79. The summed E-state index contributed by atoms with van der Waals surface area (Å²) in [4.78, 5) is 11.8. The van der Waals surface area contributed by atoms with Crippen molar-refractivity contribution in [1.82, 2.24) is 20.2 Å². The lowest BCUT2D eigenvalue weighted by atomic mass is 9.70. The van der Waals surface area contributed by atoms with Crippen molar-refractivity contribution in [2.24, 2.45) is 12.5 Å². The molecule has 0 unspecified atom stereocenters. The summed E-state index contributed by atoms with van der Waals surface area (Å²) in [5.41, 5.74) is 1.33. The molecule has 0 amide bonds. The fourth-order valence-electron chi connectivity index (χ4n) is 3.38. The molecule has 1 heterocycles. The summed E-state index contributed by atoms with van der Waals surface area (Å²) in [6.45, 7) is 0. The highest BCUT2D eigenvalue weighted by atomic mass is 16.4. The lowest BCUT2D eigenvalue weighted by molar-refractivity contribution is -0.151. The van der Waals surface area contributed by atoms with E-state index in [1.54, 1.807) is 11.7 Å². The molecule has 1 N–H and O–H groups in total. The first kappa shape index (κ1) is 14.7. The van der Waals surface area contributed by atoms with Crippen molar-refractivity contribution in [3.8, 4) is 11.4 Å². The predicted octanol–water partition coefficient (Wildman–Crippen LogP) is 2.45. The number of carboxylic acid groups (broad SMARTS) is 1. The summed E-state index contributed by atoms with van der Waals surface area (Å²) < 4.78 is 1.62. The minimum atomic E-state index is -0.669. The van der Waals surface area contributed by atoms with Crippen LogP contribution in [0.2, 0.25) is 0 Å². The maximum absolute atomic E-state index is 11.8. The number of carboxylic acids is 1. The zero-order valence-electron chi connectivity index (χ0n) is 12.7. The van der Waals surface area contributed by atoms with Crippen molar-refractivity contribution in [3.63, 3.8) is 0 Å². The molecule has 0 saturated heterocycles. The molecule has 1 aliphatic rings. The third-order valence-corrected chi connectivity index (χ3v) is 4.61. The Morgan fingerprint density at radius 3 is 2.73 bits per heavy atom. The molecule has 3 rings (SSSR count). The Bertz CT molecular complexity index is 674. The van der Waals surface area contributed by atoms with E-state index >= 15 is 0 Å². The van der Waals surface area contributed by atoms with Gasteiger partial charge in [-0.1, -0.05) is 37.5 Å². The van der Waals surface area contributed by atoms with Gasteiger partial charge in [0.05, 0.1) is 5.41 Å².